The van der Waals surface area contributed by atoms with Gasteiger partial charge in [-0.3, -0.25) is 9.59 Å². The van der Waals surface area contributed by atoms with Crippen LogP contribution < -0.4 is 0 Å². The first-order chi connectivity index (χ1) is 10.2. The molecule has 0 aromatic heterocycles. The number of ketones is 2. The Morgan fingerprint density at radius 2 is 1.67 bits per heavy atom. The predicted octanol–water partition coefficient (Wildman–Crippen LogP) is 4.08. The quantitative estimate of drug-likeness (QED) is 0.456. The maximum Gasteiger partial charge on any atom is 0.233 e. The zero-order chi connectivity index (χ0) is 14.6. The first-order valence-electron chi connectivity index (χ1n) is 6.88. The second kappa shape index (κ2) is 4.13. The van der Waals surface area contributed by atoms with Crippen molar-refractivity contribution in [1.29, 1.82) is 0 Å². The number of allylic oxidation sites excluding steroid dienone is 1. The van der Waals surface area contributed by atoms with Gasteiger partial charge in [0.15, 0.2) is 0 Å². The van der Waals surface area contributed by atoms with E-state index in [9.17, 15) is 9.59 Å². The fraction of sp³-hybridized carbons (Fsp3) is 0.0526. The molecule has 0 saturated heterocycles. The molecule has 0 aliphatic heterocycles. The Balaban J connectivity index is 2.23. The third-order valence-electron chi connectivity index (χ3n) is 4.13. The number of aryl methyl sites for hydroxylation is 1. The second-order valence-corrected chi connectivity index (χ2v) is 5.39. The highest BCUT2D eigenvalue weighted by Crippen LogP contribution is 2.34. The third kappa shape index (κ3) is 1.59. The minimum Gasteiger partial charge on any atom is -0.286 e. The number of fused-ring (bicyclic) bond motifs is 5. The summed E-state index contributed by atoms with van der Waals surface area (Å²) in [5, 5.41) is 4.53. The van der Waals surface area contributed by atoms with Crippen molar-refractivity contribution in [1.82, 2.24) is 0 Å². The molecule has 2 heteroatoms. The summed E-state index contributed by atoms with van der Waals surface area (Å²) in [6, 6.07) is 14.2. The Labute approximate surface area is 121 Å². The lowest BCUT2D eigenvalue weighted by molar-refractivity contribution is -0.110. The van der Waals surface area contributed by atoms with E-state index in [2.05, 4.69) is 18.2 Å². The number of Topliss-reactive ketones (excluding diaryl/α,β-unsaturated/α-hetero) is 1. The summed E-state index contributed by atoms with van der Waals surface area (Å²) >= 11 is 0. The highest BCUT2D eigenvalue weighted by molar-refractivity contribution is 6.50. The Bertz CT molecular complexity index is 978. The van der Waals surface area contributed by atoms with Crippen molar-refractivity contribution in [3.63, 3.8) is 0 Å². The summed E-state index contributed by atoms with van der Waals surface area (Å²) in [4.78, 5) is 23.7. The molecule has 3 aromatic rings. The summed E-state index contributed by atoms with van der Waals surface area (Å²) in [5.41, 5.74) is 2.39. The average molecular weight is 272 g/mol. The molecule has 21 heavy (non-hydrogen) atoms. The van der Waals surface area contributed by atoms with Crippen LogP contribution in [0, 0.1) is 6.92 Å². The summed E-state index contributed by atoms with van der Waals surface area (Å²) in [6.45, 7) is 1.99. The molecular weight excluding hydrogens is 260 g/mol. The fourth-order valence-electron chi connectivity index (χ4n) is 3.17. The highest BCUT2D eigenvalue weighted by Gasteiger charge is 2.23. The zero-order valence-corrected chi connectivity index (χ0v) is 11.5. The number of carbonyl (C=O) groups excluding carboxylic acids is 2. The van der Waals surface area contributed by atoms with Crippen LogP contribution in [0.4, 0.5) is 0 Å². The van der Waals surface area contributed by atoms with E-state index in [1.807, 2.05) is 31.2 Å². The smallest absolute Gasteiger partial charge is 0.233 e. The average Bonchev–Trinajstić information content (AvgIpc) is 2.51. The third-order valence-corrected chi connectivity index (χ3v) is 4.13. The number of hydrogen-bond donors (Lipinski definition) is 0. The monoisotopic (exact) mass is 272 g/mol. The number of carbonyl (C=O) groups is 2. The first-order valence-corrected chi connectivity index (χ1v) is 6.88. The summed E-state index contributed by atoms with van der Waals surface area (Å²) in [5.74, 6) is -0.854. The van der Waals surface area contributed by atoms with Gasteiger partial charge < -0.3 is 0 Å². The molecule has 0 bridgehead atoms. The molecule has 3 aromatic carbocycles. The van der Waals surface area contributed by atoms with Crippen LogP contribution >= 0.6 is 0 Å². The summed E-state index contributed by atoms with van der Waals surface area (Å²) < 4.78 is 0. The topological polar surface area (TPSA) is 34.1 Å². The van der Waals surface area contributed by atoms with Gasteiger partial charge in [0.05, 0.1) is 0 Å². The molecule has 0 amide bonds. The zero-order valence-electron chi connectivity index (χ0n) is 11.5. The van der Waals surface area contributed by atoms with E-state index < -0.39 is 11.6 Å². The second-order valence-electron chi connectivity index (χ2n) is 5.39. The molecule has 0 heterocycles. The Kier molecular flexibility index (Phi) is 2.36. The van der Waals surface area contributed by atoms with Crippen LogP contribution in [0.3, 0.4) is 0 Å². The van der Waals surface area contributed by atoms with Crippen LogP contribution in [-0.4, -0.2) is 11.6 Å². The first kappa shape index (κ1) is 12.0. The lowest BCUT2D eigenvalue weighted by atomic mass is 9.87. The molecule has 0 fully saturated rings. The molecular formula is C19H12O2. The standard InChI is InChI=1S/C19H12O2/c1-11-10-16-14(8-9-17(20)19(16)21)15-7-6-12-4-2-3-5-13(12)18(11)15/h2-10H,1H3. The van der Waals surface area contributed by atoms with Crippen LogP contribution in [-0.2, 0) is 4.79 Å². The summed E-state index contributed by atoms with van der Waals surface area (Å²) in [6.07, 6.45) is 3.13. The molecule has 0 spiro atoms. The molecule has 0 unspecified atom stereocenters. The van der Waals surface area contributed by atoms with Crippen LogP contribution in [0.1, 0.15) is 21.5 Å². The van der Waals surface area contributed by atoms with Crippen LogP contribution in [0.15, 0.2) is 48.5 Å². The van der Waals surface area contributed by atoms with Crippen LogP contribution in [0.2, 0.25) is 0 Å². The Morgan fingerprint density at radius 1 is 0.857 bits per heavy atom. The van der Waals surface area contributed by atoms with Gasteiger partial charge in [0.2, 0.25) is 11.6 Å². The SMILES string of the molecule is Cc1cc2c(c3ccc4ccccc4c13)C=CC(=O)C2=O. The highest BCUT2D eigenvalue weighted by atomic mass is 16.2. The van der Waals surface area contributed by atoms with Crippen molar-refractivity contribution in [3.8, 4) is 0 Å². The van der Waals surface area contributed by atoms with Gasteiger partial charge in [0, 0.05) is 5.56 Å². The lowest BCUT2D eigenvalue weighted by Crippen LogP contribution is -2.16. The molecule has 0 N–H and O–H groups in total. The number of hydrogen-bond acceptors (Lipinski definition) is 2. The molecule has 1 aliphatic carbocycles. The normalized spacial score (nSPS) is 14.0. The van der Waals surface area contributed by atoms with Gasteiger partial charge in [-0.25, -0.2) is 0 Å². The van der Waals surface area contributed by atoms with E-state index in [1.165, 1.54) is 16.8 Å². The van der Waals surface area contributed by atoms with Crippen molar-refractivity contribution in [2.45, 2.75) is 6.92 Å². The largest absolute Gasteiger partial charge is 0.286 e. The van der Waals surface area contributed by atoms with Gasteiger partial charge in [-0.05, 0) is 57.8 Å². The molecule has 100 valence electrons. The van der Waals surface area contributed by atoms with Gasteiger partial charge in [0.1, 0.15) is 0 Å². The Morgan fingerprint density at radius 3 is 2.52 bits per heavy atom. The molecule has 0 atom stereocenters. The Hall–Kier alpha value is -2.74. The minimum absolute atomic E-state index is 0.411. The van der Waals surface area contributed by atoms with Crippen molar-refractivity contribution in [2.24, 2.45) is 0 Å². The number of rotatable bonds is 0. The van der Waals surface area contributed by atoms with Crippen molar-refractivity contribution in [2.75, 3.05) is 0 Å². The lowest BCUT2D eigenvalue weighted by Gasteiger charge is -2.15. The van der Waals surface area contributed by atoms with Crippen molar-refractivity contribution < 1.29 is 9.59 Å². The van der Waals surface area contributed by atoms with Crippen LogP contribution in [0.5, 0.6) is 0 Å². The van der Waals surface area contributed by atoms with E-state index in [4.69, 9.17) is 0 Å². The van der Waals surface area contributed by atoms with Crippen molar-refractivity contribution >= 4 is 39.2 Å². The van der Waals surface area contributed by atoms with Gasteiger partial charge in [0.25, 0.3) is 0 Å². The maximum atomic E-state index is 12.1. The van der Waals surface area contributed by atoms with Gasteiger partial charge in [-0.2, -0.15) is 0 Å². The van der Waals surface area contributed by atoms with Crippen molar-refractivity contribution in [3.05, 3.63) is 65.2 Å². The summed E-state index contributed by atoms with van der Waals surface area (Å²) in [7, 11) is 0. The molecule has 1 aliphatic rings. The molecule has 4 rings (SSSR count). The van der Waals surface area contributed by atoms with E-state index in [0.29, 0.717) is 5.56 Å². The van der Waals surface area contributed by atoms with Gasteiger partial charge in [-0.15, -0.1) is 0 Å². The van der Waals surface area contributed by atoms with Crippen LogP contribution in [0.25, 0.3) is 27.6 Å². The molecule has 0 radical (unpaired) electrons. The van der Waals surface area contributed by atoms with Gasteiger partial charge >= 0.3 is 0 Å². The predicted molar refractivity (Wildman–Crippen MR) is 84.6 cm³/mol. The van der Waals surface area contributed by atoms with E-state index >= 15 is 0 Å². The van der Waals surface area contributed by atoms with E-state index in [0.717, 1.165) is 21.9 Å². The number of benzene rings is 3. The minimum atomic E-state index is -0.443. The van der Waals surface area contributed by atoms with Gasteiger partial charge in [-0.1, -0.05) is 36.4 Å². The molecule has 2 nitrogen and oxygen atoms in total. The van der Waals surface area contributed by atoms with E-state index in [-0.39, 0.29) is 0 Å². The fourth-order valence-corrected chi connectivity index (χ4v) is 3.17. The maximum absolute atomic E-state index is 12.1. The molecule has 0 saturated carbocycles. The van der Waals surface area contributed by atoms with E-state index in [1.54, 1.807) is 6.08 Å².